The van der Waals surface area contributed by atoms with Crippen LogP contribution in [-0.2, 0) is 6.42 Å². The number of thioether (sulfide) groups is 1. The molecule has 1 aliphatic heterocycles. The molecular formula is C14H13ClN4S. The van der Waals surface area contributed by atoms with Gasteiger partial charge in [0, 0.05) is 22.6 Å². The maximum Gasteiger partial charge on any atom is 0.216 e. The number of aromatic nitrogens is 3. The maximum absolute atomic E-state index is 5.92. The Morgan fingerprint density at radius 3 is 2.75 bits per heavy atom. The second kappa shape index (κ2) is 5.81. The van der Waals surface area contributed by atoms with Gasteiger partial charge < -0.3 is 0 Å². The van der Waals surface area contributed by atoms with Gasteiger partial charge in [-0.25, -0.2) is 0 Å². The first kappa shape index (κ1) is 13.4. The predicted octanol–water partition coefficient (Wildman–Crippen LogP) is 3.86. The van der Waals surface area contributed by atoms with Crippen molar-refractivity contribution in [3.8, 4) is 0 Å². The molecule has 102 valence electrons. The summed E-state index contributed by atoms with van der Waals surface area (Å²) in [7, 11) is 0. The Bertz CT molecular complexity index is 673. The van der Waals surface area contributed by atoms with Gasteiger partial charge in [0.2, 0.25) is 5.16 Å². The molecule has 0 N–H and O–H groups in total. The molecule has 1 aliphatic rings. The van der Waals surface area contributed by atoms with E-state index < -0.39 is 0 Å². The van der Waals surface area contributed by atoms with E-state index in [1.54, 1.807) is 18.0 Å². The normalized spacial score (nSPS) is 13.8. The van der Waals surface area contributed by atoms with E-state index in [1.807, 2.05) is 35.0 Å². The SMILES string of the molecule is CCCc1nnc2n1N=CC=C(c1ccc(Cl)cc1)S2. The molecule has 2 heterocycles. The van der Waals surface area contributed by atoms with E-state index in [1.165, 1.54) is 0 Å². The van der Waals surface area contributed by atoms with E-state index in [0.717, 1.165) is 39.3 Å². The van der Waals surface area contributed by atoms with E-state index in [4.69, 9.17) is 11.6 Å². The largest absolute Gasteiger partial charge is 0.216 e. The third kappa shape index (κ3) is 2.64. The minimum atomic E-state index is 0.732. The van der Waals surface area contributed by atoms with E-state index in [2.05, 4.69) is 22.2 Å². The fraction of sp³-hybridized carbons (Fsp3) is 0.214. The Morgan fingerprint density at radius 1 is 1.20 bits per heavy atom. The van der Waals surface area contributed by atoms with Crippen molar-refractivity contribution in [2.45, 2.75) is 24.9 Å². The van der Waals surface area contributed by atoms with Gasteiger partial charge in [0.05, 0.1) is 0 Å². The molecule has 0 amide bonds. The van der Waals surface area contributed by atoms with Gasteiger partial charge in [-0.15, -0.1) is 10.2 Å². The summed E-state index contributed by atoms with van der Waals surface area (Å²) < 4.78 is 1.81. The van der Waals surface area contributed by atoms with Gasteiger partial charge in [-0.1, -0.05) is 30.7 Å². The molecule has 1 aromatic heterocycles. The molecule has 0 saturated carbocycles. The minimum absolute atomic E-state index is 0.732. The summed E-state index contributed by atoms with van der Waals surface area (Å²) in [5, 5.41) is 14.4. The lowest BCUT2D eigenvalue weighted by Crippen LogP contribution is -1.98. The van der Waals surface area contributed by atoms with E-state index in [9.17, 15) is 0 Å². The van der Waals surface area contributed by atoms with Crippen LogP contribution in [0.1, 0.15) is 24.7 Å². The lowest BCUT2D eigenvalue weighted by Gasteiger charge is -2.04. The summed E-state index contributed by atoms with van der Waals surface area (Å²) in [4.78, 5) is 1.08. The molecule has 0 saturated heterocycles. The summed E-state index contributed by atoms with van der Waals surface area (Å²) in [6.45, 7) is 2.12. The van der Waals surface area contributed by atoms with Crippen molar-refractivity contribution in [2.24, 2.45) is 5.10 Å². The molecule has 2 aromatic rings. The number of benzene rings is 1. The summed E-state index contributed by atoms with van der Waals surface area (Å²) in [6, 6.07) is 7.75. The zero-order valence-electron chi connectivity index (χ0n) is 11.0. The Kier molecular flexibility index (Phi) is 3.89. The second-order valence-corrected chi connectivity index (χ2v) is 5.81. The third-order valence-corrected chi connectivity index (χ3v) is 4.17. The number of rotatable bonds is 3. The molecule has 0 atom stereocenters. The van der Waals surface area contributed by atoms with Crippen LogP contribution in [0, 0.1) is 0 Å². The molecule has 0 spiro atoms. The van der Waals surface area contributed by atoms with Gasteiger partial charge >= 0.3 is 0 Å². The van der Waals surface area contributed by atoms with Crippen LogP contribution in [0.5, 0.6) is 0 Å². The molecule has 6 heteroatoms. The number of halogens is 1. The van der Waals surface area contributed by atoms with Crippen molar-refractivity contribution >= 4 is 34.5 Å². The molecule has 3 rings (SSSR count). The van der Waals surface area contributed by atoms with Crippen molar-refractivity contribution in [1.82, 2.24) is 14.9 Å². The Labute approximate surface area is 126 Å². The van der Waals surface area contributed by atoms with Gasteiger partial charge in [-0.2, -0.15) is 9.78 Å². The van der Waals surface area contributed by atoms with Gasteiger partial charge in [-0.3, -0.25) is 0 Å². The Balaban J connectivity index is 1.92. The van der Waals surface area contributed by atoms with Gasteiger partial charge in [0.1, 0.15) is 0 Å². The lowest BCUT2D eigenvalue weighted by molar-refractivity contribution is 0.702. The third-order valence-electron chi connectivity index (χ3n) is 2.89. The van der Waals surface area contributed by atoms with E-state index in [0.29, 0.717) is 0 Å². The summed E-state index contributed by atoms with van der Waals surface area (Å²) >= 11 is 7.49. The topological polar surface area (TPSA) is 43.1 Å². The molecule has 0 aliphatic carbocycles. The molecule has 1 aromatic carbocycles. The molecule has 0 fully saturated rings. The van der Waals surface area contributed by atoms with Crippen molar-refractivity contribution in [3.05, 3.63) is 46.8 Å². The van der Waals surface area contributed by atoms with Crippen LogP contribution < -0.4 is 0 Å². The quantitative estimate of drug-likeness (QED) is 0.864. The summed E-state index contributed by atoms with van der Waals surface area (Å²) in [5.41, 5.74) is 1.10. The van der Waals surface area contributed by atoms with Crippen LogP contribution in [0.4, 0.5) is 0 Å². The maximum atomic E-state index is 5.92. The van der Waals surface area contributed by atoms with Gasteiger partial charge in [0.25, 0.3) is 0 Å². The van der Waals surface area contributed by atoms with E-state index in [-0.39, 0.29) is 0 Å². The number of aryl methyl sites for hydroxylation is 1. The van der Waals surface area contributed by atoms with Crippen LogP contribution in [0.2, 0.25) is 5.02 Å². The highest BCUT2D eigenvalue weighted by molar-refractivity contribution is 8.08. The number of nitrogens with zero attached hydrogens (tertiary/aromatic N) is 4. The zero-order chi connectivity index (χ0) is 13.9. The standard InChI is InChI=1S/C14H13ClN4S/c1-2-3-13-17-18-14-19(13)16-9-8-12(20-14)10-4-6-11(15)7-5-10/h4-9H,2-3H2,1H3. The fourth-order valence-corrected chi connectivity index (χ4v) is 2.95. The molecule has 0 bridgehead atoms. The van der Waals surface area contributed by atoms with Gasteiger partial charge in [-0.05, 0) is 42.0 Å². The molecular weight excluding hydrogens is 292 g/mol. The van der Waals surface area contributed by atoms with Crippen LogP contribution in [-0.4, -0.2) is 21.1 Å². The first-order valence-corrected chi connectivity index (χ1v) is 7.60. The smallest absolute Gasteiger partial charge is 0.191 e. The average molecular weight is 305 g/mol. The number of fused-ring (bicyclic) bond motifs is 1. The summed E-state index contributed by atoms with van der Waals surface area (Å²) in [5.74, 6) is 0.900. The lowest BCUT2D eigenvalue weighted by atomic mass is 10.2. The number of hydrogen-bond donors (Lipinski definition) is 0. The van der Waals surface area contributed by atoms with Gasteiger partial charge in [0.15, 0.2) is 5.82 Å². The Morgan fingerprint density at radius 2 is 2.00 bits per heavy atom. The van der Waals surface area contributed by atoms with Crippen LogP contribution in [0.25, 0.3) is 4.91 Å². The molecule has 20 heavy (non-hydrogen) atoms. The molecule has 0 radical (unpaired) electrons. The highest BCUT2D eigenvalue weighted by Gasteiger charge is 2.16. The molecule has 4 nitrogen and oxygen atoms in total. The van der Waals surface area contributed by atoms with Crippen LogP contribution in [0.15, 0.2) is 40.6 Å². The first-order valence-electron chi connectivity index (χ1n) is 6.40. The minimum Gasteiger partial charge on any atom is -0.191 e. The number of hydrogen-bond acceptors (Lipinski definition) is 4. The van der Waals surface area contributed by atoms with Crippen molar-refractivity contribution in [3.63, 3.8) is 0 Å². The van der Waals surface area contributed by atoms with Crippen molar-refractivity contribution in [1.29, 1.82) is 0 Å². The highest BCUT2D eigenvalue weighted by Crippen LogP contribution is 2.34. The fourth-order valence-electron chi connectivity index (χ4n) is 1.92. The van der Waals surface area contributed by atoms with Crippen LogP contribution >= 0.6 is 23.4 Å². The first-order chi connectivity index (χ1) is 9.78. The summed E-state index contributed by atoms with van der Waals surface area (Å²) in [6.07, 6.45) is 5.67. The Hall–Kier alpha value is -1.59. The van der Waals surface area contributed by atoms with E-state index >= 15 is 0 Å². The monoisotopic (exact) mass is 304 g/mol. The van der Waals surface area contributed by atoms with Crippen molar-refractivity contribution < 1.29 is 0 Å². The predicted molar refractivity (Wildman–Crippen MR) is 83.2 cm³/mol. The second-order valence-electron chi connectivity index (χ2n) is 4.37. The highest BCUT2D eigenvalue weighted by atomic mass is 35.5. The molecule has 0 unspecified atom stereocenters. The number of allylic oxidation sites excluding steroid dienone is 1. The zero-order valence-corrected chi connectivity index (χ0v) is 12.5. The van der Waals surface area contributed by atoms with Crippen LogP contribution in [0.3, 0.4) is 0 Å². The van der Waals surface area contributed by atoms with Crippen molar-refractivity contribution in [2.75, 3.05) is 0 Å². The average Bonchev–Trinajstić information content (AvgIpc) is 2.70.